The summed E-state index contributed by atoms with van der Waals surface area (Å²) in [4.78, 5) is 14.8. The van der Waals surface area contributed by atoms with E-state index in [9.17, 15) is 26.3 Å². The predicted molar refractivity (Wildman–Crippen MR) is 161 cm³/mol. The fraction of sp³-hybridized carbons (Fsp3) is 0.571. The van der Waals surface area contributed by atoms with Crippen molar-refractivity contribution in [1.82, 2.24) is 19.8 Å². The Kier molecular flexibility index (Phi) is 21.3. The number of fused-ring (bicyclic) bond motifs is 4. The number of hydrogen-bond donors (Lipinski definition) is 0. The molecule has 2 aromatic rings. The third kappa shape index (κ3) is 21.0. The third-order valence-corrected chi connectivity index (χ3v) is 6.74. The number of hydrogen-bond acceptors (Lipinski definition) is 12. The standard InChI is InChI=1S/C22H32N4.2C2H3N.2CHF3O3S.Co/c1-21(2,3)25-13-17-9-7-11-19(23-17)15-26(22(4,5)6)16-20-12-8-10-18(14-25)24-20;2*1-2-3;2*2-1(3,4)8(5,6)7;/h7-12H,13-16H2,1-6H3;2*1H3;2*(H,5,6,7);/q;;;;;+2/p-2. The van der Waals surface area contributed by atoms with Gasteiger partial charge >= 0.3 is 27.8 Å². The largest absolute Gasteiger partial charge is 2.00 e. The first-order valence-electron chi connectivity index (χ1n) is 13.5. The van der Waals surface area contributed by atoms with Crippen molar-refractivity contribution in [2.75, 3.05) is 0 Å². The van der Waals surface area contributed by atoms with E-state index in [1.54, 1.807) is 12.1 Å². The average molecular weight is 792 g/mol. The molecule has 0 saturated carbocycles. The minimum atomic E-state index is -6.09. The molecule has 0 atom stereocenters. The number of pyridine rings is 2. The Morgan fingerprint density at radius 2 is 0.776 bits per heavy atom. The zero-order chi connectivity index (χ0) is 38.4. The van der Waals surface area contributed by atoms with Gasteiger partial charge in [0.15, 0.2) is 20.2 Å². The maximum Gasteiger partial charge on any atom is 2.00 e. The van der Waals surface area contributed by atoms with E-state index in [2.05, 4.69) is 87.7 Å². The maximum absolute atomic E-state index is 10.7. The van der Waals surface area contributed by atoms with Crippen LogP contribution in [0.15, 0.2) is 36.4 Å². The summed E-state index contributed by atoms with van der Waals surface area (Å²) in [6, 6.07) is 16.3. The van der Waals surface area contributed by atoms with Crippen LogP contribution >= 0.6 is 0 Å². The van der Waals surface area contributed by atoms with Crippen LogP contribution < -0.4 is 0 Å². The summed E-state index contributed by atoms with van der Waals surface area (Å²) < 4.78 is 118. The van der Waals surface area contributed by atoms with Crippen molar-refractivity contribution >= 4 is 20.2 Å². The van der Waals surface area contributed by atoms with Crippen LogP contribution in [-0.4, -0.2) is 67.8 Å². The van der Waals surface area contributed by atoms with Crippen LogP contribution in [0.25, 0.3) is 0 Å². The molecule has 3 rings (SSSR count). The Hall–Kier alpha value is -2.89. The van der Waals surface area contributed by atoms with E-state index in [1.807, 2.05) is 0 Å². The Bertz CT molecular complexity index is 1440. The first-order chi connectivity index (χ1) is 21.4. The fourth-order valence-electron chi connectivity index (χ4n) is 3.25. The molecule has 1 radical (unpaired) electrons. The van der Waals surface area contributed by atoms with Crippen LogP contribution in [0.1, 0.15) is 78.2 Å². The molecule has 3 heterocycles. The minimum Gasteiger partial charge on any atom is -0.741 e. The molecule has 0 saturated heterocycles. The van der Waals surface area contributed by atoms with Gasteiger partial charge in [0.2, 0.25) is 0 Å². The third-order valence-electron chi connectivity index (χ3n) is 5.60. The topological polar surface area (TPSA) is 194 Å². The number of nitriles is 2. The molecule has 1 aliphatic rings. The molecule has 0 N–H and O–H groups in total. The van der Waals surface area contributed by atoms with Crippen LogP contribution in [-0.2, 0) is 63.2 Å². The van der Waals surface area contributed by atoms with E-state index < -0.39 is 31.3 Å². The summed E-state index contributed by atoms with van der Waals surface area (Å²) in [6.07, 6.45) is 0. The number of nitrogens with zero attached hydrogens (tertiary/aromatic N) is 6. The number of halogens is 6. The molecule has 49 heavy (non-hydrogen) atoms. The molecule has 0 aromatic carbocycles. The second kappa shape index (κ2) is 20.7. The zero-order valence-corrected chi connectivity index (χ0v) is 30.5. The summed E-state index contributed by atoms with van der Waals surface area (Å²) in [5.74, 6) is 0. The van der Waals surface area contributed by atoms with Crippen molar-refractivity contribution in [3.05, 3.63) is 59.2 Å². The van der Waals surface area contributed by atoms with Crippen LogP contribution in [0.3, 0.4) is 0 Å². The summed E-state index contributed by atoms with van der Waals surface area (Å²) >= 11 is 0. The molecule has 0 spiro atoms. The number of alkyl halides is 6. The average Bonchev–Trinajstić information content (AvgIpc) is 2.86. The normalized spacial score (nSPS) is 14.2. The van der Waals surface area contributed by atoms with Gasteiger partial charge in [-0.2, -0.15) is 36.9 Å². The molecule has 0 aliphatic carbocycles. The first kappa shape index (κ1) is 50.5. The van der Waals surface area contributed by atoms with Gasteiger partial charge in [-0.3, -0.25) is 19.8 Å². The van der Waals surface area contributed by atoms with E-state index in [1.165, 1.54) is 13.8 Å². The van der Waals surface area contributed by atoms with Crippen molar-refractivity contribution in [2.45, 2.75) is 104 Å². The molecule has 0 unspecified atom stereocenters. The molecule has 21 heteroatoms. The van der Waals surface area contributed by atoms with Crippen LogP contribution in [0.4, 0.5) is 26.3 Å². The molecule has 4 bridgehead atoms. The minimum absolute atomic E-state index is 0. The molecular weight excluding hydrogens is 753 g/mol. The quantitative estimate of drug-likeness (QED) is 0.184. The summed E-state index contributed by atoms with van der Waals surface area (Å²) in [7, 11) is -12.2. The number of rotatable bonds is 0. The van der Waals surface area contributed by atoms with Gasteiger partial charge in [0, 0.05) is 51.1 Å². The predicted octanol–water partition coefficient (Wildman–Crippen LogP) is 5.55. The van der Waals surface area contributed by atoms with E-state index >= 15 is 0 Å². The Balaban J connectivity index is -0.000000757. The second-order valence-corrected chi connectivity index (χ2v) is 14.3. The van der Waals surface area contributed by atoms with E-state index in [0.717, 1.165) is 49.0 Å². The van der Waals surface area contributed by atoms with Gasteiger partial charge < -0.3 is 9.11 Å². The van der Waals surface area contributed by atoms with E-state index in [-0.39, 0.29) is 27.9 Å². The van der Waals surface area contributed by atoms with Gasteiger partial charge in [-0.05, 0) is 65.8 Å². The molecule has 0 amide bonds. The van der Waals surface area contributed by atoms with Gasteiger partial charge in [-0.15, -0.1) is 0 Å². The Labute approximate surface area is 293 Å². The Morgan fingerprint density at radius 3 is 0.898 bits per heavy atom. The monoisotopic (exact) mass is 791 g/mol. The SMILES string of the molecule is CC#N.CC#N.CC(C)(C)N1Cc2cccc(n2)CN(C(C)(C)C)Cc2cccc(n2)C1.O=S(=O)([O-])C(F)(F)F.O=S(=O)([O-])C(F)(F)F.[Co+2]. The molecule has 1 aliphatic heterocycles. The Morgan fingerprint density at radius 1 is 0.612 bits per heavy atom. The van der Waals surface area contributed by atoms with Gasteiger partial charge in [-0.1, -0.05) is 12.1 Å². The maximum atomic E-state index is 10.7. The molecule has 0 fully saturated rings. The van der Waals surface area contributed by atoms with Crippen LogP contribution in [0.5, 0.6) is 0 Å². The zero-order valence-electron chi connectivity index (χ0n) is 27.8. The van der Waals surface area contributed by atoms with Crippen molar-refractivity contribution in [1.29, 1.82) is 10.5 Å². The second-order valence-electron chi connectivity index (χ2n) is 11.5. The molecular formula is C28H38CoF6N6O6S2. The molecule has 12 nitrogen and oxygen atoms in total. The van der Waals surface area contributed by atoms with Gasteiger partial charge in [0.05, 0.1) is 34.9 Å². The van der Waals surface area contributed by atoms with Crippen molar-refractivity contribution in [2.24, 2.45) is 0 Å². The first-order valence-corrected chi connectivity index (χ1v) is 16.3. The van der Waals surface area contributed by atoms with Gasteiger partial charge in [0.1, 0.15) is 0 Å². The summed E-state index contributed by atoms with van der Waals surface area (Å²) in [5.41, 5.74) is -6.68. The van der Waals surface area contributed by atoms with Crippen molar-refractivity contribution < 1.29 is 69.1 Å². The van der Waals surface area contributed by atoms with Crippen molar-refractivity contribution in [3.63, 3.8) is 0 Å². The fourth-order valence-corrected chi connectivity index (χ4v) is 3.25. The van der Waals surface area contributed by atoms with Crippen LogP contribution in [0, 0.1) is 22.7 Å². The molecule has 279 valence electrons. The summed E-state index contributed by atoms with van der Waals surface area (Å²) in [5, 5.41) is 14.6. The van der Waals surface area contributed by atoms with Crippen LogP contribution in [0.2, 0.25) is 0 Å². The van der Waals surface area contributed by atoms with Gasteiger partial charge in [0.25, 0.3) is 0 Å². The number of aromatic nitrogens is 2. The molecule has 2 aromatic heterocycles. The van der Waals surface area contributed by atoms with Gasteiger partial charge in [-0.25, -0.2) is 16.8 Å². The smallest absolute Gasteiger partial charge is 0.741 e. The summed E-state index contributed by atoms with van der Waals surface area (Å²) in [6.45, 7) is 19.7. The van der Waals surface area contributed by atoms with Crippen molar-refractivity contribution in [3.8, 4) is 12.1 Å². The van der Waals surface area contributed by atoms with E-state index in [4.69, 9.17) is 46.4 Å². The van der Waals surface area contributed by atoms with E-state index in [0.29, 0.717) is 0 Å².